The van der Waals surface area contributed by atoms with Crippen LogP contribution in [-0.4, -0.2) is 59.1 Å². The molecule has 1 aliphatic heterocycles. The van der Waals surface area contributed by atoms with Gasteiger partial charge in [-0.05, 0) is 43.3 Å². The van der Waals surface area contributed by atoms with E-state index in [-0.39, 0.29) is 11.4 Å². The third-order valence-corrected chi connectivity index (χ3v) is 5.91. The molecular formula is C22H20BrF3N4O4. The molecule has 3 aromatic rings. The zero-order valence-electron chi connectivity index (χ0n) is 17.9. The van der Waals surface area contributed by atoms with Crippen molar-refractivity contribution in [2.75, 3.05) is 31.6 Å². The second-order valence-corrected chi connectivity index (χ2v) is 8.54. The molecule has 0 spiro atoms. The van der Waals surface area contributed by atoms with Crippen LogP contribution in [0.25, 0.3) is 16.6 Å². The van der Waals surface area contributed by atoms with E-state index < -0.39 is 29.6 Å². The van der Waals surface area contributed by atoms with Gasteiger partial charge in [0.1, 0.15) is 6.33 Å². The molecule has 1 saturated heterocycles. The molecule has 1 aliphatic rings. The van der Waals surface area contributed by atoms with E-state index in [2.05, 4.69) is 31.0 Å². The third-order valence-electron chi connectivity index (χ3n) is 5.42. The predicted molar refractivity (Wildman–Crippen MR) is 122 cm³/mol. The van der Waals surface area contributed by atoms with Crippen LogP contribution in [0.1, 0.15) is 6.92 Å². The molecule has 1 fully saturated rings. The van der Waals surface area contributed by atoms with E-state index in [4.69, 9.17) is 4.74 Å². The Bertz CT molecular complexity index is 1280. The van der Waals surface area contributed by atoms with Gasteiger partial charge in [-0.25, -0.2) is 4.98 Å². The van der Waals surface area contributed by atoms with Gasteiger partial charge in [0.15, 0.2) is 5.75 Å². The van der Waals surface area contributed by atoms with Gasteiger partial charge < -0.3 is 14.8 Å². The highest BCUT2D eigenvalue weighted by Gasteiger charge is 2.33. The van der Waals surface area contributed by atoms with Crippen LogP contribution in [0, 0.1) is 0 Å². The maximum absolute atomic E-state index is 13.0. The third kappa shape index (κ3) is 5.40. The molecule has 12 heteroatoms. The van der Waals surface area contributed by atoms with E-state index in [1.807, 2.05) is 4.90 Å². The molecule has 8 nitrogen and oxygen atoms in total. The van der Waals surface area contributed by atoms with Gasteiger partial charge in [-0.2, -0.15) is 0 Å². The first kappa shape index (κ1) is 24.2. The van der Waals surface area contributed by atoms with Gasteiger partial charge in [-0.15, -0.1) is 13.2 Å². The van der Waals surface area contributed by atoms with Crippen LogP contribution in [0.5, 0.6) is 5.75 Å². The first-order valence-corrected chi connectivity index (χ1v) is 11.1. The molecular weight excluding hydrogens is 521 g/mol. The van der Waals surface area contributed by atoms with E-state index in [1.54, 1.807) is 25.1 Å². The Morgan fingerprint density at radius 2 is 1.94 bits per heavy atom. The molecule has 1 unspecified atom stereocenters. The van der Waals surface area contributed by atoms with Crippen LogP contribution in [0.4, 0.5) is 18.9 Å². The summed E-state index contributed by atoms with van der Waals surface area (Å²) in [6, 6.07) is 7.94. The fourth-order valence-corrected chi connectivity index (χ4v) is 3.97. The summed E-state index contributed by atoms with van der Waals surface area (Å²) >= 11 is 3.32. The minimum Gasteiger partial charge on any atom is -0.404 e. The Balaban J connectivity index is 1.70. The number of amides is 1. The van der Waals surface area contributed by atoms with E-state index in [9.17, 15) is 22.8 Å². The highest BCUT2D eigenvalue weighted by molar-refractivity contribution is 9.10. The Hall–Kier alpha value is -2.96. The Kier molecular flexibility index (Phi) is 6.91. The van der Waals surface area contributed by atoms with Crippen LogP contribution in [0.15, 0.2) is 52.0 Å². The number of rotatable bonds is 5. The Morgan fingerprint density at radius 1 is 1.21 bits per heavy atom. The number of alkyl halides is 3. The minimum atomic E-state index is -4.97. The molecule has 2 heterocycles. The number of benzene rings is 2. The number of anilines is 1. The topological polar surface area (TPSA) is 85.7 Å². The number of hydrogen-bond acceptors (Lipinski definition) is 6. The molecule has 0 aliphatic carbocycles. The van der Waals surface area contributed by atoms with Crippen molar-refractivity contribution in [1.29, 1.82) is 0 Å². The van der Waals surface area contributed by atoms with Gasteiger partial charge in [0.05, 0.1) is 41.5 Å². The lowest BCUT2D eigenvalue weighted by molar-refractivity contribution is -0.274. The van der Waals surface area contributed by atoms with Gasteiger partial charge in [-0.1, -0.05) is 15.9 Å². The Morgan fingerprint density at radius 3 is 2.65 bits per heavy atom. The number of aromatic nitrogens is 2. The number of hydrogen-bond donors (Lipinski definition) is 1. The van der Waals surface area contributed by atoms with Crippen molar-refractivity contribution in [3.8, 4) is 11.4 Å². The molecule has 1 N–H and O–H groups in total. The zero-order chi connectivity index (χ0) is 24.5. The number of halogens is 4. The van der Waals surface area contributed by atoms with Crippen molar-refractivity contribution in [3.63, 3.8) is 0 Å². The fraction of sp³-hybridized carbons (Fsp3) is 0.318. The van der Waals surface area contributed by atoms with E-state index >= 15 is 0 Å². The van der Waals surface area contributed by atoms with E-state index in [0.29, 0.717) is 37.2 Å². The number of morpholine rings is 1. The van der Waals surface area contributed by atoms with Gasteiger partial charge in [0.25, 0.3) is 5.56 Å². The molecule has 1 amide bonds. The van der Waals surface area contributed by atoms with Crippen molar-refractivity contribution < 1.29 is 27.4 Å². The zero-order valence-corrected chi connectivity index (χ0v) is 19.5. The van der Waals surface area contributed by atoms with Crippen molar-refractivity contribution >= 4 is 38.4 Å². The Labute approximate surface area is 200 Å². The van der Waals surface area contributed by atoms with E-state index in [1.165, 1.54) is 23.0 Å². The second-order valence-electron chi connectivity index (χ2n) is 7.62. The summed E-state index contributed by atoms with van der Waals surface area (Å²) in [5.74, 6) is -1.11. The molecule has 34 heavy (non-hydrogen) atoms. The number of carbonyl (C=O) groups is 1. The van der Waals surface area contributed by atoms with E-state index in [0.717, 1.165) is 10.5 Å². The molecule has 1 aromatic heterocycles. The van der Waals surface area contributed by atoms with Crippen molar-refractivity contribution in [2.24, 2.45) is 0 Å². The van der Waals surface area contributed by atoms with Crippen molar-refractivity contribution in [2.45, 2.75) is 19.3 Å². The lowest BCUT2D eigenvalue weighted by Gasteiger charge is -2.31. The summed E-state index contributed by atoms with van der Waals surface area (Å²) in [6.07, 6.45) is -3.69. The van der Waals surface area contributed by atoms with Crippen molar-refractivity contribution in [1.82, 2.24) is 14.5 Å². The smallest absolute Gasteiger partial charge is 0.404 e. The van der Waals surface area contributed by atoms with Crippen LogP contribution >= 0.6 is 15.9 Å². The van der Waals surface area contributed by atoms with Crippen LogP contribution < -0.4 is 15.6 Å². The fourth-order valence-electron chi connectivity index (χ4n) is 3.63. The average Bonchev–Trinajstić information content (AvgIpc) is 2.79. The molecule has 180 valence electrons. The first-order chi connectivity index (χ1) is 16.1. The van der Waals surface area contributed by atoms with Gasteiger partial charge >= 0.3 is 6.36 Å². The average molecular weight is 541 g/mol. The van der Waals surface area contributed by atoms with Gasteiger partial charge in [-0.3, -0.25) is 19.1 Å². The lowest BCUT2D eigenvalue weighted by Crippen LogP contribution is -2.47. The number of ether oxygens (including phenoxy) is 2. The minimum absolute atomic E-state index is 0.214. The molecule has 2 aromatic carbocycles. The quantitative estimate of drug-likeness (QED) is 0.531. The summed E-state index contributed by atoms with van der Waals surface area (Å²) in [5.41, 5.74) is 0.0374. The highest BCUT2D eigenvalue weighted by atomic mass is 79.9. The highest BCUT2D eigenvalue weighted by Crippen LogP contribution is 2.32. The predicted octanol–water partition coefficient (Wildman–Crippen LogP) is 3.71. The molecule has 0 saturated carbocycles. The summed E-state index contributed by atoms with van der Waals surface area (Å²) < 4.78 is 50.2. The summed E-state index contributed by atoms with van der Waals surface area (Å²) in [5, 5.41) is 2.84. The van der Waals surface area contributed by atoms with Crippen LogP contribution in [0.2, 0.25) is 0 Å². The maximum atomic E-state index is 13.0. The SMILES string of the molecule is CC(C(=O)Nc1cc(-n2cnc3cc(Br)ccc3c2=O)ccc1OC(F)(F)F)N1CCOCC1. The standard InChI is InChI=1S/C22H20BrF3N4O4/c1-13(29-6-8-33-9-7-29)20(31)28-18-11-15(3-5-19(18)34-22(24,25)26)30-12-27-17-10-14(23)2-4-16(17)21(30)32/h2-5,10-13H,6-9H2,1H3,(H,28,31). The molecule has 1 atom stereocenters. The normalized spacial score (nSPS) is 15.8. The van der Waals surface area contributed by atoms with Gasteiger partial charge in [0, 0.05) is 17.6 Å². The number of fused-ring (bicyclic) bond motifs is 1. The number of nitrogens with one attached hydrogen (secondary N) is 1. The van der Waals surface area contributed by atoms with Gasteiger partial charge in [0.2, 0.25) is 5.91 Å². The molecule has 4 rings (SSSR count). The van der Waals surface area contributed by atoms with Crippen molar-refractivity contribution in [3.05, 3.63) is 57.6 Å². The first-order valence-electron chi connectivity index (χ1n) is 10.3. The summed E-state index contributed by atoms with van der Waals surface area (Å²) in [4.78, 5) is 31.9. The molecule has 0 radical (unpaired) electrons. The largest absolute Gasteiger partial charge is 0.573 e. The van der Waals surface area contributed by atoms with Crippen LogP contribution in [0.3, 0.4) is 0 Å². The number of carbonyl (C=O) groups excluding carboxylic acids is 1. The summed E-state index contributed by atoms with van der Waals surface area (Å²) in [6.45, 7) is 3.63. The number of nitrogens with zero attached hydrogens (tertiary/aromatic N) is 3. The maximum Gasteiger partial charge on any atom is 0.573 e. The monoisotopic (exact) mass is 540 g/mol. The lowest BCUT2D eigenvalue weighted by atomic mass is 10.2. The van der Waals surface area contributed by atoms with Crippen LogP contribution in [-0.2, 0) is 9.53 Å². The molecule has 0 bridgehead atoms. The second kappa shape index (κ2) is 9.72. The summed E-state index contributed by atoms with van der Waals surface area (Å²) in [7, 11) is 0.